The molecule has 0 spiro atoms. The Bertz CT molecular complexity index is 862. The van der Waals surface area contributed by atoms with Crippen molar-refractivity contribution in [3.8, 4) is 0 Å². The molecular weight excluding hydrogens is 328 g/mol. The average Bonchev–Trinajstić information content (AvgIpc) is 3.25. The summed E-state index contributed by atoms with van der Waals surface area (Å²) in [6.07, 6.45) is 2.44. The molecule has 8 heteroatoms. The fourth-order valence-electron chi connectivity index (χ4n) is 2.26. The smallest absolute Gasteiger partial charge is 0.310 e. The van der Waals surface area contributed by atoms with Crippen LogP contribution in [0.3, 0.4) is 0 Å². The molecule has 1 fully saturated rings. The van der Waals surface area contributed by atoms with E-state index in [-0.39, 0.29) is 16.5 Å². The van der Waals surface area contributed by atoms with Crippen LogP contribution in [0.2, 0.25) is 5.02 Å². The van der Waals surface area contributed by atoms with Crippen LogP contribution in [0.15, 0.2) is 35.4 Å². The zero-order chi connectivity index (χ0) is 16.0. The van der Waals surface area contributed by atoms with E-state index in [2.05, 4.69) is 9.71 Å². The lowest BCUT2D eigenvalue weighted by Crippen LogP contribution is -2.34. The Hall–Kier alpha value is -1.70. The van der Waals surface area contributed by atoms with Crippen LogP contribution in [0, 0.1) is 5.41 Å². The number of fused-ring (bicyclic) bond motifs is 1. The van der Waals surface area contributed by atoms with Crippen LogP contribution in [-0.2, 0) is 14.8 Å². The highest BCUT2D eigenvalue weighted by molar-refractivity contribution is 7.89. The highest BCUT2D eigenvalue weighted by atomic mass is 35.5. The van der Waals surface area contributed by atoms with Crippen molar-refractivity contribution in [3.05, 3.63) is 35.5 Å². The van der Waals surface area contributed by atoms with E-state index in [0.717, 1.165) is 0 Å². The molecule has 0 amide bonds. The maximum atomic E-state index is 12.5. The monoisotopic (exact) mass is 340 g/mol. The maximum Gasteiger partial charge on any atom is 0.310 e. The molecular formula is C14H13ClN2O4S. The van der Waals surface area contributed by atoms with Gasteiger partial charge in [-0.25, -0.2) is 13.1 Å². The van der Waals surface area contributed by atoms with E-state index in [1.807, 2.05) is 0 Å². The van der Waals surface area contributed by atoms with Crippen LogP contribution in [-0.4, -0.2) is 31.0 Å². The van der Waals surface area contributed by atoms with Gasteiger partial charge in [0.25, 0.3) is 0 Å². The molecule has 2 N–H and O–H groups in total. The number of benzene rings is 1. The second-order valence-corrected chi connectivity index (χ2v) is 7.56. The Morgan fingerprint density at radius 3 is 2.77 bits per heavy atom. The molecule has 0 bridgehead atoms. The van der Waals surface area contributed by atoms with Crippen LogP contribution >= 0.6 is 11.6 Å². The molecule has 1 aliphatic carbocycles. The van der Waals surface area contributed by atoms with Gasteiger partial charge in [-0.1, -0.05) is 17.7 Å². The summed E-state index contributed by atoms with van der Waals surface area (Å²) in [4.78, 5) is 15.2. The van der Waals surface area contributed by atoms with E-state index in [4.69, 9.17) is 16.7 Å². The van der Waals surface area contributed by atoms with Crippen molar-refractivity contribution in [2.45, 2.75) is 17.7 Å². The van der Waals surface area contributed by atoms with E-state index in [9.17, 15) is 13.2 Å². The molecule has 1 heterocycles. The van der Waals surface area contributed by atoms with Gasteiger partial charge in [0, 0.05) is 23.2 Å². The van der Waals surface area contributed by atoms with Crippen molar-refractivity contribution in [3.63, 3.8) is 0 Å². The maximum absolute atomic E-state index is 12.5. The molecule has 3 rings (SSSR count). The first kappa shape index (κ1) is 15.2. The summed E-state index contributed by atoms with van der Waals surface area (Å²) >= 11 is 5.97. The predicted molar refractivity (Wildman–Crippen MR) is 81.2 cm³/mol. The van der Waals surface area contributed by atoms with Crippen LogP contribution in [0.1, 0.15) is 12.8 Å². The summed E-state index contributed by atoms with van der Waals surface area (Å²) < 4.78 is 27.4. The molecule has 1 saturated carbocycles. The first-order valence-electron chi connectivity index (χ1n) is 6.61. The van der Waals surface area contributed by atoms with Crippen LogP contribution in [0.25, 0.3) is 10.9 Å². The molecule has 2 aromatic rings. The van der Waals surface area contributed by atoms with Gasteiger partial charge in [0.1, 0.15) is 4.90 Å². The van der Waals surface area contributed by atoms with Crippen LogP contribution in [0.5, 0.6) is 0 Å². The molecule has 1 aliphatic rings. The van der Waals surface area contributed by atoms with E-state index >= 15 is 0 Å². The molecule has 6 nitrogen and oxygen atoms in total. The zero-order valence-corrected chi connectivity index (χ0v) is 13.0. The number of pyridine rings is 1. The van der Waals surface area contributed by atoms with E-state index in [0.29, 0.717) is 23.7 Å². The lowest BCUT2D eigenvalue weighted by molar-refractivity contribution is -0.143. The number of halogens is 1. The normalized spacial score (nSPS) is 16.6. The number of aliphatic carboxylic acids is 1. The Morgan fingerprint density at radius 2 is 2.14 bits per heavy atom. The van der Waals surface area contributed by atoms with Gasteiger partial charge in [0.2, 0.25) is 10.0 Å². The van der Waals surface area contributed by atoms with Gasteiger partial charge in [0.15, 0.2) is 0 Å². The number of carboxylic acids is 1. The van der Waals surface area contributed by atoms with Gasteiger partial charge >= 0.3 is 5.97 Å². The summed E-state index contributed by atoms with van der Waals surface area (Å²) in [5.74, 6) is -0.982. The largest absolute Gasteiger partial charge is 0.481 e. The number of rotatable bonds is 5. The van der Waals surface area contributed by atoms with Crippen molar-refractivity contribution in [1.29, 1.82) is 0 Å². The van der Waals surface area contributed by atoms with Gasteiger partial charge in [-0.05, 0) is 31.0 Å². The number of hydrogen-bond acceptors (Lipinski definition) is 4. The number of carbonyl (C=O) groups is 1. The first-order chi connectivity index (χ1) is 10.3. The van der Waals surface area contributed by atoms with Gasteiger partial charge in [-0.2, -0.15) is 0 Å². The van der Waals surface area contributed by atoms with Crippen molar-refractivity contribution in [2.24, 2.45) is 5.41 Å². The average molecular weight is 341 g/mol. The van der Waals surface area contributed by atoms with Gasteiger partial charge in [0.05, 0.1) is 10.9 Å². The highest BCUT2D eigenvalue weighted by Gasteiger charge is 2.50. The number of carboxylic acid groups (broad SMARTS) is 1. The lowest BCUT2D eigenvalue weighted by atomic mass is 10.1. The number of hydrogen-bond donors (Lipinski definition) is 2. The fourth-order valence-corrected chi connectivity index (χ4v) is 3.88. The van der Waals surface area contributed by atoms with Gasteiger partial charge < -0.3 is 5.11 Å². The topological polar surface area (TPSA) is 96.4 Å². The van der Waals surface area contributed by atoms with E-state index in [1.165, 1.54) is 12.3 Å². The van der Waals surface area contributed by atoms with Crippen molar-refractivity contribution >= 4 is 38.5 Å². The molecule has 0 unspecified atom stereocenters. The third-order valence-electron chi connectivity index (χ3n) is 3.83. The molecule has 116 valence electrons. The Kier molecular flexibility index (Phi) is 3.58. The first-order valence-corrected chi connectivity index (χ1v) is 8.48. The fraction of sp³-hybridized carbons (Fsp3) is 0.286. The van der Waals surface area contributed by atoms with Crippen molar-refractivity contribution < 1.29 is 18.3 Å². The minimum Gasteiger partial charge on any atom is -0.481 e. The predicted octanol–water partition coefficient (Wildman–Crippen LogP) is 2.03. The number of nitrogens with one attached hydrogen (secondary N) is 1. The molecule has 22 heavy (non-hydrogen) atoms. The summed E-state index contributed by atoms with van der Waals surface area (Å²) in [7, 11) is -3.90. The summed E-state index contributed by atoms with van der Waals surface area (Å²) in [5, 5.41) is 10.0. The Labute approximate surface area is 132 Å². The Morgan fingerprint density at radius 1 is 1.41 bits per heavy atom. The van der Waals surface area contributed by atoms with E-state index in [1.54, 1.807) is 18.2 Å². The number of nitrogens with zero attached hydrogens (tertiary/aromatic N) is 1. The molecule has 1 aromatic heterocycles. The van der Waals surface area contributed by atoms with Crippen molar-refractivity contribution in [1.82, 2.24) is 9.71 Å². The lowest BCUT2D eigenvalue weighted by Gasteiger charge is -2.13. The minimum atomic E-state index is -3.90. The van der Waals surface area contributed by atoms with Crippen molar-refractivity contribution in [2.75, 3.05) is 6.54 Å². The highest BCUT2D eigenvalue weighted by Crippen LogP contribution is 2.45. The van der Waals surface area contributed by atoms with Gasteiger partial charge in [-0.15, -0.1) is 0 Å². The Balaban J connectivity index is 1.97. The minimum absolute atomic E-state index is 0.0446. The second-order valence-electron chi connectivity index (χ2n) is 5.39. The molecule has 0 aliphatic heterocycles. The number of aromatic nitrogens is 1. The second kappa shape index (κ2) is 5.19. The molecule has 0 atom stereocenters. The summed E-state index contributed by atoms with van der Waals surface area (Å²) in [6, 6.07) is 6.35. The van der Waals surface area contributed by atoms with Crippen LogP contribution < -0.4 is 4.72 Å². The zero-order valence-electron chi connectivity index (χ0n) is 11.4. The summed E-state index contributed by atoms with van der Waals surface area (Å²) in [6.45, 7) is -0.133. The SMILES string of the molecule is O=C(O)C1(CNS(=O)(=O)c2cc(Cl)cc3cccnc23)CC1. The molecule has 0 saturated heterocycles. The van der Waals surface area contributed by atoms with Crippen LogP contribution in [0.4, 0.5) is 0 Å². The molecule has 1 aromatic carbocycles. The summed E-state index contributed by atoms with van der Waals surface area (Å²) in [5.41, 5.74) is -0.672. The van der Waals surface area contributed by atoms with Gasteiger partial charge in [-0.3, -0.25) is 9.78 Å². The third kappa shape index (κ3) is 2.67. The van der Waals surface area contributed by atoms with E-state index < -0.39 is 21.4 Å². The standard InChI is InChI=1S/C14H13ClN2O4S/c15-10-6-9-2-1-5-16-12(9)11(7-10)22(20,21)17-8-14(3-4-14)13(18)19/h1-2,5-7,17H,3-4,8H2,(H,18,19). The quantitative estimate of drug-likeness (QED) is 0.868. The number of sulfonamides is 1. The third-order valence-corrected chi connectivity index (χ3v) is 5.46. The molecule has 0 radical (unpaired) electrons.